The van der Waals surface area contributed by atoms with Gasteiger partial charge in [0.05, 0.1) is 28.4 Å². The minimum absolute atomic E-state index is 0.0178. The van der Waals surface area contributed by atoms with Crippen molar-refractivity contribution >= 4 is 21.6 Å². The van der Waals surface area contributed by atoms with Crippen LogP contribution in [-0.2, 0) is 10.0 Å². The van der Waals surface area contributed by atoms with Gasteiger partial charge in [-0.2, -0.15) is 19.3 Å². The Bertz CT molecular complexity index is 729. The summed E-state index contributed by atoms with van der Waals surface area (Å²) in [6.07, 6.45) is 3.08. The van der Waals surface area contributed by atoms with E-state index in [0.29, 0.717) is 0 Å². The number of rotatable bonds is 3. The second kappa shape index (κ2) is 4.80. The molecule has 0 unspecified atom stereocenters. The van der Waals surface area contributed by atoms with Crippen LogP contribution in [0.5, 0.6) is 0 Å². The predicted octanol–water partition coefficient (Wildman–Crippen LogP) is 1.32. The number of benzene rings is 1. The summed E-state index contributed by atoms with van der Waals surface area (Å²) in [5.74, 6) is -0.646. The third-order valence-corrected chi connectivity index (χ3v) is 5.24. The lowest BCUT2D eigenvalue weighted by Crippen LogP contribution is -2.51. The molecule has 0 aliphatic carbocycles. The lowest BCUT2D eigenvalue weighted by molar-refractivity contribution is 0.175. The van der Waals surface area contributed by atoms with Crippen molar-refractivity contribution in [2.24, 2.45) is 0 Å². The van der Waals surface area contributed by atoms with Gasteiger partial charge in [-0.25, -0.2) is 12.8 Å². The van der Waals surface area contributed by atoms with Crippen molar-refractivity contribution in [2.75, 3.05) is 13.1 Å². The average molecular weight is 317 g/mol. The first-order valence-electron chi connectivity index (χ1n) is 5.79. The monoisotopic (exact) mass is 316 g/mol. The van der Waals surface area contributed by atoms with Gasteiger partial charge < -0.3 is 0 Å². The molecule has 2 heterocycles. The molecular formula is C11H10ClFN4O2S. The fourth-order valence-electron chi connectivity index (χ4n) is 1.96. The van der Waals surface area contributed by atoms with Crippen LogP contribution >= 0.6 is 11.6 Å². The molecule has 9 heteroatoms. The summed E-state index contributed by atoms with van der Waals surface area (Å²) in [6.45, 7) is 0.567. The van der Waals surface area contributed by atoms with Gasteiger partial charge in [-0.05, 0) is 18.2 Å². The van der Waals surface area contributed by atoms with E-state index in [1.54, 1.807) is 0 Å². The van der Waals surface area contributed by atoms with Crippen LogP contribution < -0.4 is 0 Å². The maximum atomic E-state index is 13.1. The first-order chi connectivity index (χ1) is 9.48. The topological polar surface area (TPSA) is 68.1 Å². The number of halogens is 2. The Kier molecular flexibility index (Phi) is 3.23. The van der Waals surface area contributed by atoms with Crippen LogP contribution in [-0.4, -0.2) is 40.8 Å². The molecule has 0 saturated carbocycles. The third-order valence-electron chi connectivity index (χ3n) is 3.12. The number of aromatic nitrogens is 3. The zero-order chi connectivity index (χ0) is 14.3. The molecule has 0 spiro atoms. The van der Waals surface area contributed by atoms with Crippen LogP contribution in [0.2, 0.25) is 5.02 Å². The predicted molar refractivity (Wildman–Crippen MR) is 69.2 cm³/mol. The van der Waals surface area contributed by atoms with Gasteiger partial charge in [0, 0.05) is 13.1 Å². The number of hydrogen-bond donors (Lipinski definition) is 0. The van der Waals surface area contributed by atoms with E-state index in [-0.39, 0.29) is 29.0 Å². The summed E-state index contributed by atoms with van der Waals surface area (Å²) in [5.41, 5.74) is 0. The largest absolute Gasteiger partial charge is 0.243 e. The molecule has 1 saturated heterocycles. The summed E-state index contributed by atoms with van der Waals surface area (Å²) in [4.78, 5) is 1.46. The van der Waals surface area contributed by atoms with E-state index in [4.69, 9.17) is 11.6 Å². The molecule has 1 aliphatic rings. The summed E-state index contributed by atoms with van der Waals surface area (Å²) in [6, 6.07) is 3.29. The molecule has 1 aromatic carbocycles. The first-order valence-corrected chi connectivity index (χ1v) is 7.61. The molecule has 3 rings (SSSR count). The van der Waals surface area contributed by atoms with Crippen molar-refractivity contribution in [1.82, 2.24) is 19.3 Å². The highest BCUT2D eigenvalue weighted by atomic mass is 35.5. The molecule has 1 aliphatic heterocycles. The highest BCUT2D eigenvalue weighted by Crippen LogP contribution is 2.29. The maximum Gasteiger partial charge on any atom is 0.243 e. The van der Waals surface area contributed by atoms with Crippen LogP contribution in [0, 0.1) is 5.82 Å². The summed E-state index contributed by atoms with van der Waals surface area (Å²) >= 11 is 5.61. The maximum absolute atomic E-state index is 13.1. The van der Waals surface area contributed by atoms with Gasteiger partial charge in [0.15, 0.2) is 0 Å². The molecule has 0 bridgehead atoms. The Morgan fingerprint density at radius 1 is 1.25 bits per heavy atom. The molecule has 106 valence electrons. The smallest absolute Gasteiger partial charge is 0.207 e. The van der Waals surface area contributed by atoms with Crippen molar-refractivity contribution < 1.29 is 12.8 Å². The molecular weight excluding hydrogens is 307 g/mol. The van der Waals surface area contributed by atoms with Crippen molar-refractivity contribution in [3.05, 3.63) is 41.4 Å². The second-order valence-electron chi connectivity index (χ2n) is 4.40. The third kappa shape index (κ3) is 2.19. The first kappa shape index (κ1) is 13.5. The van der Waals surface area contributed by atoms with Crippen LogP contribution in [0.4, 0.5) is 4.39 Å². The molecule has 2 aromatic rings. The van der Waals surface area contributed by atoms with Gasteiger partial charge in [-0.15, -0.1) is 0 Å². The summed E-state index contributed by atoms with van der Waals surface area (Å²) in [7, 11) is -3.65. The summed E-state index contributed by atoms with van der Waals surface area (Å²) in [5, 5.41) is 7.72. The van der Waals surface area contributed by atoms with E-state index in [1.807, 2.05) is 0 Å². The Balaban J connectivity index is 1.79. The fourth-order valence-corrected chi connectivity index (χ4v) is 3.75. The number of hydrogen-bond acceptors (Lipinski definition) is 4. The minimum atomic E-state index is -3.65. The van der Waals surface area contributed by atoms with Gasteiger partial charge in [0.1, 0.15) is 5.82 Å². The summed E-state index contributed by atoms with van der Waals surface area (Å²) < 4.78 is 38.9. The zero-order valence-electron chi connectivity index (χ0n) is 10.1. The number of sulfonamides is 1. The quantitative estimate of drug-likeness (QED) is 0.856. The van der Waals surface area contributed by atoms with E-state index in [1.165, 1.54) is 27.6 Å². The SMILES string of the molecule is O=S(=O)(c1ccc(F)c(Cl)c1)N1CC(n2nccn2)C1. The fraction of sp³-hybridized carbons (Fsp3) is 0.273. The van der Waals surface area contributed by atoms with Crippen molar-refractivity contribution in [2.45, 2.75) is 10.9 Å². The number of nitrogens with zero attached hydrogens (tertiary/aromatic N) is 4. The van der Waals surface area contributed by atoms with Crippen LogP contribution in [0.3, 0.4) is 0 Å². The minimum Gasteiger partial charge on any atom is -0.207 e. The molecule has 6 nitrogen and oxygen atoms in total. The van der Waals surface area contributed by atoms with Crippen molar-refractivity contribution in [3.8, 4) is 0 Å². The van der Waals surface area contributed by atoms with Crippen LogP contribution in [0.1, 0.15) is 6.04 Å². The molecule has 1 aromatic heterocycles. The second-order valence-corrected chi connectivity index (χ2v) is 6.75. The normalized spacial score (nSPS) is 17.1. The molecule has 0 atom stereocenters. The zero-order valence-corrected chi connectivity index (χ0v) is 11.7. The van der Waals surface area contributed by atoms with E-state index in [9.17, 15) is 12.8 Å². The Morgan fingerprint density at radius 3 is 2.50 bits per heavy atom. The van der Waals surface area contributed by atoms with Gasteiger partial charge >= 0.3 is 0 Å². The average Bonchev–Trinajstić information content (AvgIpc) is 2.84. The molecule has 0 N–H and O–H groups in total. The Morgan fingerprint density at radius 2 is 1.90 bits per heavy atom. The molecule has 1 fully saturated rings. The van der Waals surface area contributed by atoms with E-state index >= 15 is 0 Å². The highest BCUT2D eigenvalue weighted by molar-refractivity contribution is 7.89. The van der Waals surface area contributed by atoms with Crippen molar-refractivity contribution in [1.29, 1.82) is 0 Å². The van der Waals surface area contributed by atoms with Crippen LogP contribution in [0.15, 0.2) is 35.5 Å². The van der Waals surface area contributed by atoms with Gasteiger partial charge in [0.25, 0.3) is 0 Å². The molecule has 20 heavy (non-hydrogen) atoms. The van der Waals surface area contributed by atoms with E-state index in [0.717, 1.165) is 12.1 Å². The van der Waals surface area contributed by atoms with E-state index < -0.39 is 15.8 Å². The van der Waals surface area contributed by atoms with Crippen LogP contribution in [0.25, 0.3) is 0 Å². The van der Waals surface area contributed by atoms with Crippen molar-refractivity contribution in [3.63, 3.8) is 0 Å². The molecule has 0 radical (unpaired) electrons. The highest BCUT2D eigenvalue weighted by Gasteiger charge is 2.38. The Labute approximate surface area is 119 Å². The van der Waals surface area contributed by atoms with E-state index in [2.05, 4.69) is 10.2 Å². The van der Waals surface area contributed by atoms with Gasteiger partial charge in [-0.1, -0.05) is 11.6 Å². The van der Waals surface area contributed by atoms with Gasteiger partial charge in [0.2, 0.25) is 10.0 Å². The Hall–Kier alpha value is -1.51. The standard InChI is InChI=1S/C11H10ClFN4O2S/c12-10-5-9(1-2-11(10)13)20(18,19)16-6-8(7-16)17-14-3-4-15-17/h1-5,8H,6-7H2. The van der Waals surface area contributed by atoms with Gasteiger partial charge in [-0.3, -0.25) is 0 Å². The lowest BCUT2D eigenvalue weighted by atomic mass is 10.2. The lowest BCUT2D eigenvalue weighted by Gasteiger charge is -2.37. The molecule has 0 amide bonds.